The first-order valence-electron chi connectivity index (χ1n) is 6.12. The van der Waals surface area contributed by atoms with Crippen LogP contribution in [0.25, 0.3) is 0 Å². The highest BCUT2D eigenvalue weighted by Gasteiger charge is 2.22. The van der Waals surface area contributed by atoms with Crippen molar-refractivity contribution in [1.82, 2.24) is 0 Å². The Morgan fingerprint density at radius 3 is 2.74 bits per heavy atom. The Morgan fingerprint density at radius 2 is 1.89 bits per heavy atom. The van der Waals surface area contributed by atoms with Gasteiger partial charge in [-0.1, -0.05) is 18.2 Å². The molecule has 0 radical (unpaired) electrons. The molecular weight excluding hydrogens is 312 g/mol. The van der Waals surface area contributed by atoms with E-state index in [0.717, 1.165) is 18.7 Å². The first-order valence-corrected chi connectivity index (χ1v) is 6.91. The maximum Gasteiger partial charge on any atom is 0.145 e. The van der Waals surface area contributed by atoms with Crippen molar-refractivity contribution in [2.24, 2.45) is 0 Å². The Bertz CT molecular complexity index is 628. The molecule has 0 fully saturated rings. The lowest BCUT2D eigenvalue weighted by Crippen LogP contribution is -2.21. The van der Waals surface area contributed by atoms with Gasteiger partial charge in [-0.25, -0.2) is 8.78 Å². The normalized spacial score (nSPS) is 13.7. The minimum atomic E-state index is -0.510. The Labute approximate surface area is 119 Å². The van der Waals surface area contributed by atoms with Crippen molar-refractivity contribution >= 4 is 21.6 Å². The lowest BCUT2D eigenvalue weighted by atomic mass is 10.1. The van der Waals surface area contributed by atoms with Crippen LogP contribution in [-0.2, 0) is 13.0 Å². The maximum atomic E-state index is 14.0. The van der Waals surface area contributed by atoms with Gasteiger partial charge in [0.1, 0.15) is 11.6 Å². The summed E-state index contributed by atoms with van der Waals surface area (Å²) >= 11 is 3.10. The van der Waals surface area contributed by atoms with Crippen LogP contribution in [0.3, 0.4) is 0 Å². The van der Waals surface area contributed by atoms with Gasteiger partial charge >= 0.3 is 0 Å². The third-order valence-electron chi connectivity index (χ3n) is 3.47. The van der Waals surface area contributed by atoms with Crippen LogP contribution >= 0.6 is 15.9 Å². The van der Waals surface area contributed by atoms with E-state index in [0.29, 0.717) is 4.47 Å². The second-order valence-corrected chi connectivity index (χ2v) is 5.48. The molecular formula is C15H12BrF2N. The molecule has 1 heterocycles. The zero-order valence-electron chi connectivity index (χ0n) is 10.2. The number of halogens is 3. The molecule has 19 heavy (non-hydrogen) atoms. The van der Waals surface area contributed by atoms with E-state index in [-0.39, 0.29) is 12.1 Å². The number of nitrogens with zero attached hydrogens (tertiary/aromatic N) is 1. The summed E-state index contributed by atoms with van der Waals surface area (Å²) in [6, 6.07) is 10.7. The van der Waals surface area contributed by atoms with Crippen LogP contribution in [0.5, 0.6) is 0 Å². The maximum absolute atomic E-state index is 14.0. The molecule has 3 rings (SSSR count). The summed E-state index contributed by atoms with van der Waals surface area (Å²) in [4.78, 5) is 2.02. The second kappa shape index (κ2) is 4.93. The topological polar surface area (TPSA) is 3.24 Å². The molecule has 0 amide bonds. The molecule has 1 aliphatic rings. The van der Waals surface area contributed by atoms with Gasteiger partial charge < -0.3 is 4.90 Å². The van der Waals surface area contributed by atoms with Gasteiger partial charge in [0.05, 0.1) is 4.47 Å². The molecule has 0 unspecified atom stereocenters. The van der Waals surface area contributed by atoms with E-state index in [9.17, 15) is 8.78 Å². The van der Waals surface area contributed by atoms with Crippen molar-refractivity contribution in [3.8, 4) is 0 Å². The molecule has 0 saturated heterocycles. The highest BCUT2D eigenvalue weighted by molar-refractivity contribution is 9.10. The van der Waals surface area contributed by atoms with Gasteiger partial charge in [-0.15, -0.1) is 0 Å². The van der Waals surface area contributed by atoms with E-state index in [1.807, 2.05) is 23.1 Å². The summed E-state index contributed by atoms with van der Waals surface area (Å²) in [5.41, 5.74) is 2.42. The number of para-hydroxylation sites is 1. The quantitative estimate of drug-likeness (QED) is 0.745. The Kier molecular flexibility index (Phi) is 3.27. The Balaban J connectivity index is 1.94. The molecule has 0 bridgehead atoms. The van der Waals surface area contributed by atoms with Crippen LogP contribution in [0.1, 0.15) is 11.1 Å². The molecule has 1 aliphatic heterocycles. The molecule has 0 spiro atoms. The highest BCUT2D eigenvalue weighted by atomic mass is 79.9. The van der Waals surface area contributed by atoms with Gasteiger partial charge in [0, 0.05) is 24.3 Å². The Morgan fingerprint density at radius 1 is 1.11 bits per heavy atom. The molecule has 0 aromatic heterocycles. The summed E-state index contributed by atoms with van der Waals surface area (Å²) < 4.78 is 28.1. The van der Waals surface area contributed by atoms with Crippen molar-refractivity contribution in [3.05, 3.63) is 63.6 Å². The van der Waals surface area contributed by atoms with Gasteiger partial charge in [0.15, 0.2) is 0 Å². The number of hydrogen-bond donors (Lipinski definition) is 0. The van der Waals surface area contributed by atoms with Crippen molar-refractivity contribution in [3.63, 3.8) is 0 Å². The largest absolute Gasteiger partial charge is 0.366 e. The fourth-order valence-corrected chi connectivity index (χ4v) is 2.85. The minimum Gasteiger partial charge on any atom is -0.366 e. The lowest BCUT2D eigenvalue weighted by Gasteiger charge is -2.20. The van der Waals surface area contributed by atoms with Crippen LogP contribution in [0.15, 0.2) is 40.9 Å². The third-order valence-corrected chi connectivity index (χ3v) is 4.08. The van der Waals surface area contributed by atoms with Crippen LogP contribution in [0.4, 0.5) is 14.5 Å². The first-order chi connectivity index (χ1) is 9.16. The number of fused-ring (bicyclic) bond motifs is 1. The number of hydrogen-bond acceptors (Lipinski definition) is 1. The lowest BCUT2D eigenvalue weighted by molar-refractivity contribution is 0.547. The number of rotatable bonds is 2. The van der Waals surface area contributed by atoms with Crippen molar-refractivity contribution in [2.45, 2.75) is 13.0 Å². The minimum absolute atomic E-state index is 0.117. The molecule has 2 aromatic carbocycles. The fourth-order valence-electron chi connectivity index (χ4n) is 2.48. The summed E-state index contributed by atoms with van der Waals surface area (Å²) in [6.45, 7) is 1.05. The molecule has 2 aromatic rings. The molecule has 0 saturated carbocycles. The summed E-state index contributed by atoms with van der Waals surface area (Å²) in [5, 5.41) is 0. The van der Waals surface area contributed by atoms with E-state index in [1.165, 1.54) is 17.7 Å². The SMILES string of the molecule is Fc1ccc(Br)c(F)c1CN1CCc2ccccc21. The second-order valence-electron chi connectivity index (χ2n) is 4.62. The average molecular weight is 324 g/mol. The average Bonchev–Trinajstić information content (AvgIpc) is 2.83. The fraction of sp³-hybridized carbons (Fsp3) is 0.200. The smallest absolute Gasteiger partial charge is 0.145 e. The summed E-state index contributed by atoms with van der Waals surface area (Å²) in [7, 11) is 0. The zero-order chi connectivity index (χ0) is 13.4. The summed E-state index contributed by atoms with van der Waals surface area (Å²) in [6.07, 6.45) is 0.924. The molecule has 1 nitrogen and oxygen atoms in total. The first kappa shape index (κ1) is 12.6. The standard InChI is InChI=1S/C15H12BrF2N/c16-12-5-6-13(17)11(15(12)18)9-19-8-7-10-3-1-2-4-14(10)19/h1-6H,7-9H2. The highest BCUT2D eigenvalue weighted by Crippen LogP contribution is 2.31. The van der Waals surface area contributed by atoms with Crippen LogP contribution < -0.4 is 4.90 Å². The number of benzene rings is 2. The van der Waals surface area contributed by atoms with Crippen LogP contribution in [0, 0.1) is 11.6 Å². The molecule has 98 valence electrons. The van der Waals surface area contributed by atoms with Gasteiger partial charge in [0.25, 0.3) is 0 Å². The van der Waals surface area contributed by atoms with E-state index in [4.69, 9.17) is 0 Å². The molecule has 4 heteroatoms. The van der Waals surface area contributed by atoms with Crippen LogP contribution in [0.2, 0.25) is 0 Å². The molecule has 0 aliphatic carbocycles. The van der Waals surface area contributed by atoms with E-state index >= 15 is 0 Å². The van der Waals surface area contributed by atoms with E-state index in [2.05, 4.69) is 22.0 Å². The summed E-state index contributed by atoms with van der Waals surface area (Å²) in [5.74, 6) is -1.01. The van der Waals surface area contributed by atoms with Gasteiger partial charge in [-0.05, 0) is 46.1 Å². The van der Waals surface area contributed by atoms with Gasteiger partial charge in [0.2, 0.25) is 0 Å². The van der Waals surface area contributed by atoms with Gasteiger partial charge in [-0.3, -0.25) is 0 Å². The monoisotopic (exact) mass is 323 g/mol. The van der Waals surface area contributed by atoms with Gasteiger partial charge in [-0.2, -0.15) is 0 Å². The van der Waals surface area contributed by atoms with Crippen molar-refractivity contribution in [1.29, 1.82) is 0 Å². The van der Waals surface area contributed by atoms with E-state index in [1.54, 1.807) is 0 Å². The predicted octanol–water partition coefficient (Wildman–Crippen LogP) is 4.29. The van der Waals surface area contributed by atoms with Crippen molar-refractivity contribution in [2.75, 3.05) is 11.4 Å². The molecule has 0 atom stereocenters. The Hall–Kier alpha value is -1.42. The number of anilines is 1. The zero-order valence-corrected chi connectivity index (χ0v) is 11.8. The third kappa shape index (κ3) is 2.25. The van der Waals surface area contributed by atoms with E-state index < -0.39 is 11.6 Å². The predicted molar refractivity (Wildman–Crippen MR) is 75.3 cm³/mol. The molecule has 0 N–H and O–H groups in total. The van der Waals surface area contributed by atoms with Crippen molar-refractivity contribution < 1.29 is 8.78 Å². The van der Waals surface area contributed by atoms with Crippen LogP contribution in [-0.4, -0.2) is 6.54 Å².